The summed E-state index contributed by atoms with van der Waals surface area (Å²) in [6.45, 7) is 4.07. The summed E-state index contributed by atoms with van der Waals surface area (Å²) < 4.78 is 0. The van der Waals surface area contributed by atoms with Crippen molar-refractivity contribution >= 4 is 11.7 Å². The molecule has 1 aliphatic rings. The zero-order chi connectivity index (χ0) is 10.1. The topological polar surface area (TPSA) is 54.0 Å². The van der Waals surface area contributed by atoms with Gasteiger partial charge in [0.25, 0.3) is 0 Å². The maximum absolute atomic E-state index is 5.76. The van der Waals surface area contributed by atoms with Crippen molar-refractivity contribution in [2.24, 2.45) is 15.7 Å². The summed E-state index contributed by atoms with van der Waals surface area (Å²) in [5.41, 5.74) is 5.41. The standard InChI is InChI=1S/C9H18N4/c1-5-9(2)11-7(10)6-8(12-9)13(3)4/h5-6H2,1-4H3,(H2,10,11). The van der Waals surface area contributed by atoms with Crippen molar-refractivity contribution in [3.8, 4) is 0 Å². The molecule has 0 saturated carbocycles. The Kier molecular flexibility index (Phi) is 2.59. The minimum atomic E-state index is -0.345. The van der Waals surface area contributed by atoms with Gasteiger partial charge in [-0.3, -0.25) is 0 Å². The van der Waals surface area contributed by atoms with E-state index in [1.807, 2.05) is 25.9 Å². The zero-order valence-electron chi connectivity index (χ0n) is 8.83. The van der Waals surface area contributed by atoms with E-state index >= 15 is 0 Å². The summed E-state index contributed by atoms with van der Waals surface area (Å²) in [7, 11) is 3.96. The van der Waals surface area contributed by atoms with E-state index in [2.05, 4.69) is 16.9 Å². The second kappa shape index (κ2) is 3.36. The van der Waals surface area contributed by atoms with Gasteiger partial charge in [0.2, 0.25) is 0 Å². The summed E-state index contributed by atoms with van der Waals surface area (Å²) in [4.78, 5) is 10.9. The van der Waals surface area contributed by atoms with Gasteiger partial charge in [-0.25, -0.2) is 9.98 Å². The fourth-order valence-electron chi connectivity index (χ4n) is 1.27. The third kappa shape index (κ3) is 2.20. The number of nitrogens with zero attached hydrogens (tertiary/aromatic N) is 3. The highest BCUT2D eigenvalue weighted by Crippen LogP contribution is 2.21. The summed E-state index contributed by atoms with van der Waals surface area (Å²) in [5.74, 6) is 1.69. The van der Waals surface area contributed by atoms with Crippen LogP contribution in [0, 0.1) is 0 Å². The SMILES string of the molecule is CCC1(C)N=C(N)CC(N(C)C)=N1. The molecule has 0 aromatic heterocycles. The van der Waals surface area contributed by atoms with Crippen molar-refractivity contribution < 1.29 is 0 Å². The smallest absolute Gasteiger partial charge is 0.151 e. The number of nitrogens with two attached hydrogens (primary N) is 1. The van der Waals surface area contributed by atoms with Crippen LogP contribution in [-0.4, -0.2) is 36.3 Å². The first kappa shape index (κ1) is 10.0. The molecule has 13 heavy (non-hydrogen) atoms. The van der Waals surface area contributed by atoms with Crippen LogP contribution in [0.5, 0.6) is 0 Å². The molecule has 4 heteroatoms. The fourth-order valence-corrected chi connectivity index (χ4v) is 1.27. The first-order chi connectivity index (χ1) is 5.97. The molecule has 1 aliphatic heterocycles. The minimum absolute atomic E-state index is 0.345. The molecule has 0 spiro atoms. The van der Waals surface area contributed by atoms with Gasteiger partial charge >= 0.3 is 0 Å². The second-order valence-electron chi connectivity index (χ2n) is 3.77. The number of amidine groups is 2. The largest absolute Gasteiger partial charge is 0.387 e. The van der Waals surface area contributed by atoms with Crippen LogP contribution < -0.4 is 5.73 Å². The Labute approximate surface area is 79.5 Å². The van der Waals surface area contributed by atoms with Crippen molar-refractivity contribution in [3.63, 3.8) is 0 Å². The van der Waals surface area contributed by atoms with Gasteiger partial charge in [0.1, 0.15) is 11.7 Å². The van der Waals surface area contributed by atoms with E-state index in [9.17, 15) is 0 Å². The van der Waals surface area contributed by atoms with Crippen LogP contribution in [0.25, 0.3) is 0 Å². The molecule has 0 saturated heterocycles. The van der Waals surface area contributed by atoms with Gasteiger partial charge in [0.15, 0.2) is 5.66 Å². The highest BCUT2D eigenvalue weighted by Gasteiger charge is 2.25. The number of hydrogen-bond acceptors (Lipinski definition) is 4. The van der Waals surface area contributed by atoms with Crippen LogP contribution in [-0.2, 0) is 0 Å². The second-order valence-corrected chi connectivity index (χ2v) is 3.77. The van der Waals surface area contributed by atoms with Gasteiger partial charge in [0.05, 0.1) is 6.42 Å². The van der Waals surface area contributed by atoms with Crippen LogP contribution in [0.3, 0.4) is 0 Å². The summed E-state index contributed by atoms with van der Waals surface area (Å²) in [5, 5.41) is 0. The van der Waals surface area contributed by atoms with Gasteiger partial charge in [0, 0.05) is 14.1 Å². The van der Waals surface area contributed by atoms with Crippen LogP contribution in [0.15, 0.2) is 9.98 Å². The number of hydrogen-bond donors (Lipinski definition) is 1. The monoisotopic (exact) mass is 182 g/mol. The van der Waals surface area contributed by atoms with Gasteiger partial charge in [-0.1, -0.05) is 6.92 Å². The molecule has 2 N–H and O–H groups in total. The van der Waals surface area contributed by atoms with E-state index in [1.165, 1.54) is 0 Å². The Morgan fingerprint density at radius 1 is 1.46 bits per heavy atom. The molecular weight excluding hydrogens is 164 g/mol. The molecule has 0 aliphatic carbocycles. The zero-order valence-corrected chi connectivity index (χ0v) is 8.83. The van der Waals surface area contributed by atoms with Crippen molar-refractivity contribution in [1.82, 2.24) is 4.90 Å². The molecule has 0 radical (unpaired) electrons. The molecule has 0 aromatic carbocycles. The van der Waals surface area contributed by atoms with E-state index in [1.54, 1.807) is 0 Å². The molecule has 0 bridgehead atoms. The average Bonchev–Trinajstić information content (AvgIpc) is 2.03. The summed E-state index contributed by atoms with van der Waals surface area (Å²) in [6, 6.07) is 0. The Bertz CT molecular complexity index is 254. The van der Waals surface area contributed by atoms with Crippen LogP contribution in [0.2, 0.25) is 0 Å². The molecule has 1 rings (SSSR count). The lowest BCUT2D eigenvalue weighted by atomic mass is 10.1. The first-order valence-corrected chi connectivity index (χ1v) is 4.57. The molecule has 1 heterocycles. The summed E-state index contributed by atoms with van der Waals surface area (Å²) >= 11 is 0. The van der Waals surface area contributed by atoms with Crippen molar-refractivity contribution in [2.45, 2.75) is 32.4 Å². The Balaban J connectivity index is 2.93. The number of rotatable bonds is 1. The van der Waals surface area contributed by atoms with E-state index in [0.717, 1.165) is 12.3 Å². The van der Waals surface area contributed by atoms with Crippen LogP contribution >= 0.6 is 0 Å². The highest BCUT2D eigenvalue weighted by molar-refractivity contribution is 6.03. The van der Waals surface area contributed by atoms with Gasteiger partial charge in [-0.15, -0.1) is 0 Å². The molecular formula is C9H18N4. The summed E-state index contributed by atoms with van der Waals surface area (Å²) in [6.07, 6.45) is 1.55. The fraction of sp³-hybridized carbons (Fsp3) is 0.778. The van der Waals surface area contributed by atoms with Crippen LogP contribution in [0.1, 0.15) is 26.7 Å². The van der Waals surface area contributed by atoms with Gasteiger partial charge in [-0.2, -0.15) is 0 Å². The highest BCUT2D eigenvalue weighted by atomic mass is 15.2. The molecule has 0 amide bonds. The third-order valence-corrected chi connectivity index (χ3v) is 2.28. The van der Waals surface area contributed by atoms with E-state index in [4.69, 9.17) is 5.73 Å². The Hall–Kier alpha value is -1.06. The minimum Gasteiger partial charge on any atom is -0.387 e. The maximum Gasteiger partial charge on any atom is 0.151 e. The Morgan fingerprint density at radius 3 is 2.54 bits per heavy atom. The van der Waals surface area contributed by atoms with Crippen molar-refractivity contribution in [1.29, 1.82) is 0 Å². The van der Waals surface area contributed by atoms with E-state index in [-0.39, 0.29) is 5.66 Å². The average molecular weight is 182 g/mol. The third-order valence-electron chi connectivity index (χ3n) is 2.28. The van der Waals surface area contributed by atoms with Gasteiger partial charge in [-0.05, 0) is 13.3 Å². The Morgan fingerprint density at radius 2 is 2.08 bits per heavy atom. The molecule has 1 atom stereocenters. The predicted molar refractivity (Wildman–Crippen MR) is 56.1 cm³/mol. The molecule has 1 unspecified atom stereocenters. The van der Waals surface area contributed by atoms with E-state index in [0.29, 0.717) is 12.3 Å². The maximum atomic E-state index is 5.76. The lowest BCUT2D eigenvalue weighted by molar-refractivity contribution is 0.456. The van der Waals surface area contributed by atoms with Gasteiger partial charge < -0.3 is 10.6 Å². The predicted octanol–water partition coefficient (Wildman–Crippen LogP) is 0.834. The lowest BCUT2D eigenvalue weighted by Crippen LogP contribution is -2.37. The van der Waals surface area contributed by atoms with Crippen molar-refractivity contribution in [2.75, 3.05) is 14.1 Å². The number of aliphatic imine (C=N–C) groups is 2. The lowest BCUT2D eigenvalue weighted by Gasteiger charge is -2.28. The first-order valence-electron chi connectivity index (χ1n) is 4.57. The quantitative estimate of drug-likeness (QED) is 0.653. The molecule has 0 fully saturated rings. The van der Waals surface area contributed by atoms with Crippen LogP contribution in [0.4, 0.5) is 0 Å². The molecule has 4 nitrogen and oxygen atoms in total. The molecule has 74 valence electrons. The van der Waals surface area contributed by atoms with Crippen molar-refractivity contribution in [3.05, 3.63) is 0 Å². The van der Waals surface area contributed by atoms with E-state index < -0.39 is 0 Å². The normalized spacial score (nSPS) is 28.0. The molecule has 0 aromatic rings.